The van der Waals surface area contributed by atoms with Crippen LogP contribution in [0.5, 0.6) is 5.88 Å². The van der Waals surface area contributed by atoms with Crippen molar-refractivity contribution in [2.75, 3.05) is 0 Å². The highest BCUT2D eigenvalue weighted by Crippen LogP contribution is 2.10. The van der Waals surface area contributed by atoms with E-state index in [-0.39, 0.29) is 0 Å². The van der Waals surface area contributed by atoms with Gasteiger partial charge in [0.1, 0.15) is 0 Å². The lowest BCUT2D eigenvalue weighted by Gasteiger charge is -2.02. The smallest absolute Gasteiger partial charge is 0.190 e. The Morgan fingerprint density at radius 1 is 1.45 bits per heavy atom. The molecule has 0 aliphatic carbocycles. The maximum atomic E-state index is 9.21. The van der Waals surface area contributed by atoms with Gasteiger partial charge in [0.25, 0.3) is 0 Å². The Morgan fingerprint density at radius 2 is 2.27 bits per heavy atom. The van der Waals surface area contributed by atoms with Gasteiger partial charge in [0.15, 0.2) is 5.88 Å². The lowest BCUT2D eigenvalue weighted by Crippen LogP contribution is -1.94. The van der Waals surface area contributed by atoms with Gasteiger partial charge in [-0.3, -0.25) is 0 Å². The van der Waals surface area contributed by atoms with Crippen molar-refractivity contribution in [1.82, 2.24) is 4.57 Å². The summed E-state index contributed by atoms with van der Waals surface area (Å²) in [6.07, 6.45) is 5.52. The molecule has 0 aromatic carbocycles. The van der Waals surface area contributed by atoms with Gasteiger partial charge < -0.3 is 9.67 Å². The van der Waals surface area contributed by atoms with Gasteiger partial charge >= 0.3 is 0 Å². The molecule has 0 amide bonds. The van der Waals surface area contributed by atoms with E-state index in [9.17, 15) is 5.11 Å². The van der Waals surface area contributed by atoms with Crippen molar-refractivity contribution in [3.8, 4) is 5.88 Å². The van der Waals surface area contributed by atoms with Gasteiger partial charge in [-0.25, -0.2) is 0 Å². The van der Waals surface area contributed by atoms with Crippen LogP contribution in [0.3, 0.4) is 0 Å². The van der Waals surface area contributed by atoms with Gasteiger partial charge in [-0.2, -0.15) is 0 Å². The maximum absolute atomic E-state index is 9.21. The molecule has 2 heteroatoms. The first-order valence-corrected chi connectivity index (χ1v) is 4.18. The molecule has 0 aliphatic heterocycles. The summed E-state index contributed by atoms with van der Waals surface area (Å²) in [6, 6.07) is 3.58. The second-order valence-electron chi connectivity index (χ2n) is 2.77. The van der Waals surface area contributed by atoms with E-state index in [4.69, 9.17) is 0 Å². The summed E-state index contributed by atoms with van der Waals surface area (Å²) in [5.41, 5.74) is 0. The molecule has 0 fully saturated rings. The van der Waals surface area contributed by atoms with E-state index < -0.39 is 0 Å². The zero-order valence-electron chi connectivity index (χ0n) is 6.95. The van der Waals surface area contributed by atoms with Crippen LogP contribution in [0.15, 0.2) is 18.3 Å². The van der Waals surface area contributed by atoms with Crippen LogP contribution in [0, 0.1) is 0 Å². The van der Waals surface area contributed by atoms with E-state index >= 15 is 0 Å². The van der Waals surface area contributed by atoms with E-state index in [1.54, 1.807) is 6.07 Å². The third-order valence-corrected chi connectivity index (χ3v) is 1.81. The van der Waals surface area contributed by atoms with Crippen molar-refractivity contribution < 1.29 is 5.11 Å². The summed E-state index contributed by atoms with van der Waals surface area (Å²) in [7, 11) is 0. The van der Waals surface area contributed by atoms with E-state index in [2.05, 4.69) is 6.92 Å². The highest BCUT2D eigenvalue weighted by Gasteiger charge is 1.95. The molecule has 0 saturated carbocycles. The van der Waals surface area contributed by atoms with Crippen molar-refractivity contribution in [3.05, 3.63) is 18.3 Å². The van der Waals surface area contributed by atoms with Gasteiger partial charge in [0, 0.05) is 12.7 Å². The molecular formula is C9H15NO. The van der Waals surface area contributed by atoms with Gasteiger partial charge in [-0.1, -0.05) is 19.8 Å². The molecule has 2 nitrogen and oxygen atoms in total. The van der Waals surface area contributed by atoms with Crippen LogP contribution in [-0.4, -0.2) is 9.67 Å². The molecule has 0 bridgehead atoms. The average molecular weight is 153 g/mol. The third-order valence-electron chi connectivity index (χ3n) is 1.81. The molecule has 1 N–H and O–H groups in total. The summed E-state index contributed by atoms with van der Waals surface area (Å²) in [5, 5.41) is 9.21. The van der Waals surface area contributed by atoms with E-state index in [1.165, 1.54) is 12.8 Å². The lowest BCUT2D eigenvalue weighted by atomic mass is 10.2. The van der Waals surface area contributed by atoms with Crippen LogP contribution >= 0.6 is 0 Å². The first kappa shape index (κ1) is 8.18. The summed E-state index contributed by atoms with van der Waals surface area (Å²) in [4.78, 5) is 0. The van der Waals surface area contributed by atoms with Crippen molar-refractivity contribution in [1.29, 1.82) is 0 Å². The van der Waals surface area contributed by atoms with Crippen LogP contribution < -0.4 is 0 Å². The molecule has 0 unspecified atom stereocenters. The lowest BCUT2D eigenvalue weighted by molar-refractivity contribution is 0.411. The molecule has 0 radical (unpaired) electrons. The largest absolute Gasteiger partial charge is 0.494 e. The molecule has 1 heterocycles. The Kier molecular flexibility index (Phi) is 3.02. The van der Waals surface area contributed by atoms with Crippen LogP contribution in [0.25, 0.3) is 0 Å². The SMILES string of the molecule is CCCCCn1cccc1O. The number of hydrogen-bond acceptors (Lipinski definition) is 1. The van der Waals surface area contributed by atoms with Gasteiger partial charge in [0.05, 0.1) is 0 Å². The minimum Gasteiger partial charge on any atom is -0.494 e. The fraction of sp³-hybridized carbons (Fsp3) is 0.556. The van der Waals surface area contributed by atoms with E-state index in [0.29, 0.717) is 5.88 Å². The topological polar surface area (TPSA) is 25.2 Å². The zero-order chi connectivity index (χ0) is 8.10. The summed E-state index contributed by atoms with van der Waals surface area (Å²) in [6.45, 7) is 3.11. The Morgan fingerprint density at radius 3 is 2.82 bits per heavy atom. The molecule has 11 heavy (non-hydrogen) atoms. The highest BCUT2D eigenvalue weighted by molar-refractivity contribution is 5.10. The summed E-state index contributed by atoms with van der Waals surface area (Å²) < 4.78 is 1.87. The standard InChI is InChI=1S/C9H15NO/c1-2-3-4-7-10-8-5-6-9(10)11/h5-6,8,11H,2-4,7H2,1H3. The summed E-state index contributed by atoms with van der Waals surface area (Å²) >= 11 is 0. The number of aromatic nitrogens is 1. The van der Waals surface area contributed by atoms with Crippen molar-refractivity contribution in [2.24, 2.45) is 0 Å². The molecule has 0 atom stereocenters. The summed E-state index contributed by atoms with van der Waals surface area (Å²) in [5.74, 6) is 0.376. The molecule has 1 rings (SSSR count). The van der Waals surface area contributed by atoms with Crippen molar-refractivity contribution >= 4 is 0 Å². The normalized spacial score (nSPS) is 10.3. The first-order chi connectivity index (χ1) is 5.34. The Hall–Kier alpha value is -0.920. The van der Waals surface area contributed by atoms with Crippen molar-refractivity contribution in [3.63, 3.8) is 0 Å². The van der Waals surface area contributed by atoms with Crippen LogP contribution in [0.1, 0.15) is 26.2 Å². The first-order valence-electron chi connectivity index (χ1n) is 4.18. The molecular weight excluding hydrogens is 138 g/mol. The number of aryl methyl sites for hydroxylation is 1. The van der Waals surface area contributed by atoms with Gasteiger partial charge in [-0.15, -0.1) is 0 Å². The predicted molar refractivity (Wildman–Crippen MR) is 45.6 cm³/mol. The van der Waals surface area contributed by atoms with E-state index in [1.807, 2.05) is 16.8 Å². The number of unbranched alkanes of at least 4 members (excludes halogenated alkanes) is 2. The second kappa shape index (κ2) is 4.06. The quantitative estimate of drug-likeness (QED) is 0.660. The number of nitrogens with zero attached hydrogens (tertiary/aromatic N) is 1. The number of hydrogen-bond donors (Lipinski definition) is 1. The van der Waals surface area contributed by atoms with Gasteiger partial charge in [0.2, 0.25) is 0 Å². The Balaban J connectivity index is 2.32. The second-order valence-corrected chi connectivity index (χ2v) is 2.77. The van der Waals surface area contributed by atoms with Gasteiger partial charge in [-0.05, 0) is 18.6 Å². The number of aromatic hydroxyl groups is 1. The van der Waals surface area contributed by atoms with Crippen molar-refractivity contribution in [2.45, 2.75) is 32.7 Å². The number of rotatable bonds is 4. The van der Waals surface area contributed by atoms with Crippen LogP contribution in [0.4, 0.5) is 0 Å². The maximum Gasteiger partial charge on any atom is 0.190 e. The molecule has 0 aliphatic rings. The molecule has 0 saturated heterocycles. The fourth-order valence-corrected chi connectivity index (χ4v) is 1.13. The minimum absolute atomic E-state index is 0.376. The fourth-order valence-electron chi connectivity index (χ4n) is 1.13. The monoisotopic (exact) mass is 153 g/mol. The molecule has 1 aromatic heterocycles. The molecule has 0 spiro atoms. The van der Waals surface area contributed by atoms with Crippen LogP contribution in [-0.2, 0) is 6.54 Å². The molecule has 62 valence electrons. The highest BCUT2D eigenvalue weighted by atomic mass is 16.3. The average Bonchev–Trinajstić information content (AvgIpc) is 2.37. The van der Waals surface area contributed by atoms with E-state index in [0.717, 1.165) is 13.0 Å². The Labute approximate surface area is 67.5 Å². The third kappa shape index (κ3) is 2.30. The minimum atomic E-state index is 0.376. The zero-order valence-corrected chi connectivity index (χ0v) is 6.95. The molecule has 1 aromatic rings. The van der Waals surface area contributed by atoms with Crippen LogP contribution in [0.2, 0.25) is 0 Å². The predicted octanol–water partition coefficient (Wildman–Crippen LogP) is 2.38. The Bertz CT molecular complexity index is 205.